The van der Waals surface area contributed by atoms with Gasteiger partial charge in [-0.3, -0.25) is 0 Å². The molecule has 3 nitrogen and oxygen atoms in total. The molecule has 302 valence electrons. The first-order chi connectivity index (χ1) is 31.7. The summed E-state index contributed by atoms with van der Waals surface area (Å²) < 4.78 is 6.24. The summed E-state index contributed by atoms with van der Waals surface area (Å²) in [6.07, 6.45) is 7.72. The van der Waals surface area contributed by atoms with Crippen LogP contribution < -0.4 is 4.90 Å². The smallest absolute Gasteiger partial charge is 0.227 e. The number of hydrogen-bond donors (Lipinski definition) is 0. The van der Waals surface area contributed by atoms with Crippen molar-refractivity contribution in [3.05, 3.63) is 248 Å². The second kappa shape index (κ2) is 15.9. The third kappa shape index (κ3) is 6.75. The van der Waals surface area contributed by atoms with Crippen LogP contribution in [0.5, 0.6) is 0 Å². The molecule has 0 N–H and O–H groups in total. The lowest BCUT2D eigenvalue weighted by Gasteiger charge is -2.28. The van der Waals surface area contributed by atoms with Crippen LogP contribution >= 0.6 is 0 Å². The predicted octanol–water partition coefficient (Wildman–Crippen LogP) is 16.9. The summed E-state index contributed by atoms with van der Waals surface area (Å²) in [7, 11) is 0. The number of fused-ring (bicyclic) bond motifs is 5. The van der Waals surface area contributed by atoms with Crippen LogP contribution in [-0.4, -0.2) is 4.98 Å². The maximum atomic E-state index is 6.24. The fourth-order valence-electron chi connectivity index (χ4n) is 9.75. The maximum absolute atomic E-state index is 6.24. The summed E-state index contributed by atoms with van der Waals surface area (Å²) in [5.41, 5.74) is 14.5. The van der Waals surface area contributed by atoms with Crippen LogP contribution in [-0.2, 0) is 0 Å². The Kier molecular flexibility index (Phi) is 9.31. The zero-order chi connectivity index (χ0) is 42.4. The summed E-state index contributed by atoms with van der Waals surface area (Å²) >= 11 is 0. The number of rotatable bonds is 8. The standard InChI is InChI=1S/C61H42N2O/c1-2-17-43(18-3-1)61-62-60-58-35-33-47(37-48(58)34-36-59(60)64-61)55-30-9-8-29-54(55)44-21-10-24-49(38-44)63(50-25-11-22-45(39-50)56-31-13-19-41-15-4-6-27-52(41)56)51-26-12-23-46(40-51)57-32-14-20-42-16-5-7-28-53(42)57/h1-29,31-40,55H,30H2. The minimum absolute atomic E-state index is 0.176. The van der Waals surface area contributed by atoms with E-state index >= 15 is 0 Å². The van der Waals surface area contributed by atoms with Crippen molar-refractivity contribution in [3.63, 3.8) is 0 Å². The number of aromatic nitrogens is 1. The van der Waals surface area contributed by atoms with Crippen molar-refractivity contribution in [2.45, 2.75) is 12.3 Å². The molecular formula is C61H42N2O. The van der Waals surface area contributed by atoms with Gasteiger partial charge in [0.25, 0.3) is 0 Å². The van der Waals surface area contributed by atoms with Gasteiger partial charge in [-0.1, -0.05) is 182 Å². The lowest BCUT2D eigenvalue weighted by molar-refractivity contribution is 0.620. The first-order valence-electron chi connectivity index (χ1n) is 22.0. The van der Waals surface area contributed by atoms with Crippen LogP contribution in [0, 0.1) is 0 Å². The Balaban J connectivity index is 0.960. The molecule has 11 aromatic rings. The summed E-state index contributed by atoms with van der Waals surface area (Å²) in [6, 6.07) is 78.8. The van der Waals surface area contributed by atoms with Gasteiger partial charge in [-0.2, -0.15) is 0 Å². The average molecular weight is 819 g/mol. The molecule has 3 heteroatoms. The van der Waals surface area contributed by atoms with E-state index < -0.39 is 0 Å². The van der Waals surface area contributed by atoms with Crippen LogP contribution in [0.15, 0.2) is 241 Å². The fourth-order valence-corrected chi connectivity index (χ4v) is 9.75. The third-order valence-electron chi connectivity index (χ3n) is 12.8. The van der Waals surface area contributed by atoms with Crippen molar-refractivity contribution in [3.8, 4) is 33.7 Å². The Morgan fingerprint density at radius 1 is 0.438 bits per heavy atom. The highest BCUT2D eigenvalue weighted by Gasteiger charge is 2.23. The minimum Gasteiger partial charge on any atom is -0.436 e. The lowest BCUT2D eigenvalue weighted by atomic mass is 9.81. The highest BCUT2D eigenvalue weighted by atomic mass is 16.3. The molecule has 0 bridgehead atoms. The van der Waals surface area contributed by atoms with Crippen molar-refractivity contribution in [2.24, 2.45) is 0 Å². The van der Waals surface area contributed by atoms with Gasteiger partial charge in [-0.15, -0.1) is 0 Å². The Morgan fingerprint density at radius 3 is 1.67 bits per heavy atom. The van der Waals surface area contributed by atoms with E-state index in [0.29, 0.717) is 5.89 Å². The van der Waals surface area contributed by atoms with Crippen molar-refractivity contribution < 1.29 is 4.42 Å². The molecule has 0 saturated heterocycles. The highest BCUT2D eigenvalue weighted by molar-refractivity contribution is 6.05. The van der Waals surface area contributed by atoms with E-state index in [9.17, 15) is 0 Å². The van der Waals surface area contributed by atoms with E-state index in [4.69, 9.17) is 9.40 Å². The minimum atomic E-state index is 0.176. The molecule has 0 radical (unpaired) electrons. The number of nitrogens with zero attached hydrogens (tertiary/aromatic N) is 2. The molecule has 1 aromatic heterocycles. The molecule has 12 rings (SSSR count). The molecule has 1 aliphatic rings. The van der Waals surface area contributed by atoms with Gasteiger partial charge in [-0.25, -0.2) is 4.98 Å². The van der Waals surface area contributed by atoms with E-state index in [2.05, 4.69) is 211 Å². The van der Waals surface area contributed by atoms with E-state index in [-0.39, 0.29) is 5.92 Å². The molecule has 0 aliphatic heterocycles. The number of allylic oxidation sites excluding steroid dienone is 4. The van der Waals surface area contributed by atoms with Crippen LogP contribution in [0.4, 0.5) is 17.1 Å². The molecule has 0 fully saturated rings. The number of oxazole rings is 1. The quantitative estimate of drug-likeness (QED) is 0.153. The van der Waals surface area contributed by atoms with Crippen LogP contribution in [0.1, 0.15) is 23.5 Å². The van der Waals surface area contributed by atoms with Gasteiger partial charge in [0.05, 0.1) is 0 Å². The molecule has 1 heterocycles. The first-order valence-corrected chi connectivity index (χ1v) is 22.0. The summed E-state index contributed by atoms with van der Waals surface area (Å²) in [4.78, 5) is 7.39. The molecule has 64 heavy (non-hydrogen) atoms. The van der Waals surface area contributed by atoms with Gasteiger partial charge in [0.2, 0.25) is 5.89 Å². The zero-order valence-electron chi connectivity index (χ0n) is 35.1. The summed E-state index contributed by atoms with van der Waals surface area (Å²) in [5.74, 6) is 0.819. The van der Waals surface area contributed by atoms with Gasteiger partial charge in [0.1, 0.15) is 5.52 Å². The Hall–Kier alpha value is -8.27. The molecule has 10 aromatic carbocycles. The summed E-state index contributed by atoms with van der Waals surface area (Å²) in [5, 5.41) is 7.21. The Labute approximate surface area is 372 Å². The molecular weight excluding hydrogens is 777 g/mol. The average Bonchev–Trinajstić information content (AvgIpc) is 3.82. The van der Waals surface area contributed by atoms with Crippen LogP contribution in [0.2, 0.25) is 0 Å². The van der Waals surface area contributed by atoms with Crippen molar-refractivity contribution in [2.75, 3.05) is 4.90 Å². The molecule has 1 atom stereocenters. The second-order valence-electron chi connectivity index (χ2n) is 16.7. The van der Waals surface area contributed by atoms with Gasteiger partial charge in [0, 0.05) is 33.9 Å². The van der Waals surface area contributed by atoms with Crippen molar-refractivity contribution in [1.29, 1.82) is 0 Å². The second-order valence-corrected chi connectivity index (χ2v) is 16.7. The molecule has 1 unspecified atom stereocenters. The predicted molar refractivity (Wildman–Crippen MR) is 268 cm³/mol. The lowest BCUT2D eigenvalue weighted by Crippen LogP contribution is -2.11. The number of hydrogen-bond acceptors (Lipinski definition) is 3. The van der Waals surface area contributed by atoms with E-state index in [1.807, 2.05) is 30.3 Å². The molecule has 0 spiro atoms. The first kappa shape index (κ1) is 37.5. The molecule has 0 saturated carbocycles. The topological polar surface area (TPSA) is 29.3 Å². The Bertz CT molecular complexity index is 3480. The number of anilines is 3. The molecule has 0 amide bonds. The SMILES string of the molecule is C1=CCC(c2ccc3c(ccc4oc(-c5ccccc5)nc43)c2)C(c2cccc(N(c3cccc(-c4cccc5ccccc45)c3)c3cccc(-c4cccc5ccccc45)c3)c2)=C1. The van der Waals surface area contributed by atoms with Crippen LogP contribution in [0.3, 0.4) is 0 Å². The number of benzene rings is 10. The van der Waals surface area contributed by atoms with Gasteiger partial charge in [0.15, 0.2) is 5.58 Å². The normalized spacial score (nSPS) is 13.8. The largest absolute Gasteiger partial charge is 0.436 e. The van der Waals surface area contributed by atoms with E-state index in [1.165, 1.54) is 60.5 Å². The monoisotopic (exact) mass is 818 g/mol. The van der Waals surface area contributed by atoms with Gasteiger partial charge in [-0.05, 0) is 127 Å². The van der Waals surface area contributed by atoms with Gasteiger partial charge >= 0.3 is 0 Å². The van der Waals surface area contributed by atoms with Crippen molar-refractivity contribution >= 4 is 66.1 Å². The molecule has 1 aliphatic carbocycles. The van der Waals surface area contributed by atoms with Crippen LogP contribution in [0.25, 0.3) is 82.7 Å². The maximum Gasteiger partial charge on any atom is 0.227 e. The van der Waals surface area contributed by atoms with Crippen molar-refractivity contribution in [1.82, 2.24) is 4.98 Å². The Morgan fingerprint density at radius 2 is 1.00 bits per heavy atom. The van der Waals surface area contributed by atoms with E-state index in [0.717, 1.165) is 50.9 Å². The summed E-state index contributed by atoms with van der Waals surface area (Å²) in [6.45, 7) is 0. The zero-order valence-corrected chi connectivity index (χ0v) is 35.1. The van der Waals surface area contributed by atoms with E-state index in [1.54, 1.807) is 0 Å². The highest BCUT2D eigenvalue weighted by Crippen LogP contribution is 2.44. The van der Waals surface area contributed by atoms with Gasteiger partial charge < -0.3 is 9.32 Å². The third-order valence-corrected chi connectivity index (χ3v) is 12.8. The fraction of sp³-hybridized carbons (Fsp3) is 0.0328.